The summed E-state index contributed by atoms with van der Waals surface area (Å²) in [6.07, 6.45) is 3.66. The second-order valence-electron chi connectivity index (χ2n) is 10.3. The molecule has 2 aromatic carbocycles. The van der Waals surface area contributed by atoms with Crippen molar-refractivity contribution in [2.45, 2.75) is 50.2 Å². The first-order valence-electron chi connectivity index (χ1n) is 12.6. The topological polar surface area (TPSA) is 69.1 Å². The Hall–Kier alpha value is -2.03. The molecule has 1 fully saturated rings. The van der Waals surface area contributed by atoms with E-state index < -0.39 is 11.3 Å². The zero-order valence-electron chi connectivity index (χ0n) is 21.2. The first-order valence-corrected chi connectivity index (χ1v) is 13.4. The van der Waals surface area contributed by atoms with Gasteiger partial charge in [-0.3, -0.25) is 14.8 Å². The maximum atomic E-state index is 11.5. The molecule has 3 heterocycles. The third-order valence-corrected chi connectivity index (χ3v) is 8.27. The molecular weight excluding hydrogens is 509 g/mol. The lowest BCUT2D eigenvalue weighted by Crippen LogP contribution is -2.43. The quantitative estimate of drug-likeness (QED) is 0.422. The summed E-state index contributed by atoms with van der Waals surface area (Å²) in [4.78, 5) is 8.97. The Morgan fingerprint density at radius 2 is 1.86 bits per heavy atom. The van der Waals surface area contributed by atoms with Gasteiger partial charge in [0.05, 0.1) is 22.9 Å². The molecule has 6 nitrogen and oxygen atoms in total. The molecule has 1 unspecified atom stereocenters. The summed E-state index contributed by atoms with van der Waals surface area (Å²) in [7, 11) is 1.72. The van der Waals surface area contributed by atoms with Crippen LogP contribution in [-0.4, -0.2) is 57.8 Å². The fourth-order valence-corrected chi connectivity index (χ4v) is 6.15. The largest absolute Gasteiger partial charge is 0.395 e. The number of β-amino-alcohol motifs (C(OH)–C–C–N with tert-alkyl or cyclic N) is 1. The van der Waals surface area contributed by atoms with Crippen molar-refractivity contribution in [1.29, 1.82) is 0 Å². The van der Waals surface area contributed by atoms with E-state index in [0.717, 1.165) is 47.3 Å². The Bertz CT molecular complexity index is 1240. The molecule has 0 spiro atoms. The van der Waals surface area contributed by atoms with Gasteiger partial charge in [-0.05, 0) is 61.7 Å². The Balaban J connectivity index is 1.53. The van der Waals surface area contributed by atoms with E-state index in [0.29, 0.717) is 29.7 Å². The van der Waals surface area contributed by atoms with Crippen LogP contribution in [0.5, 0.6) is 0 Å². The number of benzene rings is 2. The molecule has 5 rings (SSSR count). The molecule has 0 saturated carbocycles. The number of likely N-dealkylation sites (tertiary alicyclic amines) is 1. The lowest BCUT2D eigenvalue weighted by Gasteiger charge is -2.38. The highest BCUT2D eigenvalue weighted by Gasteiger charge is 2.48. The summed E-state index contributed by atoms with van der Waals surface area (Å²) in [5, 5.41) is 22.5. The molecule has 0 amide bonds. The number of ether oxygens (including phenoxy) is 1. The van der Waals surface area contributed by atoms with E-state index >= 15 is 0 Å². The molecule has 0 radical (unpaired) electrons. The molecule has 2 N–H and O–H groups in total. The Morgan fingerprint density at radius 3 is 2.54 bits per heavy atom. The number of nitrogens with zero attached hydrogens (tertiary/aromatic N) is 3. The van der Waals surface area contributed by atoms with Gasteiger partial charge in [-0.2, -0.15) is 0 Å². The molecule has 1 aromatic heterocycles. The van der Waals surface area contributed by atoms with Crippen LogP contribution >= 0.6 is 23.2 Å². The van der Waals surface area contributed by atoms with Crippen molar-refractivity contribution in [1.82, 2.24) is 14.8 Å². The number of pyridine rings is 1. The van der Waals surface area contributed by atoms with Gasteiger partial charge in [0.2, 0.25) is 0 Å². The van der Waals surface area contributed by atoms with E-state index in [2.05, 4.69) is 26.9 Å². The maximum absolute atomic E-state index is 11.5. The molecule has 2 aliphatic rings. The predicted octanol–water partition coefficient (Wildman–Crippen LogP) is 4.92. The Labute approximate surface area is 228 Å². The highest BCUT2D eigenvalue weighted by molar-refractivity contribution is 6.30. The molecule has 8 heteroatoms. The zero-order chi connectivity index (χ0) is 26.2. The van der Waals surface area contributed by atoms with Crippen molar-refractivity contribution in [3.05, 3.63) is 98.8 Å². The van der Waals surface area contributed by atoms with Gasteiger partial charge in [-0.25, -0.2) is 0 Å². The van der Waals surface area contributed by atoms with Gasteiger partial charge < -0.3 is 14.9 Å². The van der Waals surface area contributed by atoms with E-state index in [1.165, 1.54) is 0 Å². The number of methoxy groups -OCH3 is 1. The Morgan fingerprint density at radius 1 is 1.11 bits per heavy atom. The zero-order valence-corrected chi connectivity index (χ0v) is 22.7. The van der Waals surface area contributed by atoms with Crippen LogP contribution in [0.2, 0.25) is 10.0 Å². The van der Waals surface area contributed by atoms with Crippen molar-refractivity contribution in [3.63, 3.8) is 0 Å². The van der Waals surface area contributed by atoms with Gasteiger partial charge in [-0.1, -0.05) is 53.5 Å². The fraction of sp³-hybridized carbons (Fsp3) is 0.414. The van der Waals surface area contributed by atoms with Crippen LogP contribution in [0.4, 0.5) is 0 Å². The van der Waals surface area contributed by atoms with E-state index in [4.69, 9.17) is 27.9 Å². The average Bonchev–Trinajstić information content (AvgIpc) is 3.46. The second-order valence-corrected chi connectivity index (χ2v) is 11.1. The fourth-order valence-electron chi connectivity index (χ4n) is 5.91. The molecular formula is C29H33Cl2N3O3. The molecule has 196 valence electrons. The molecule has 2 aliphatic heterocycles. The van der Waals surface area contributed by atoms with Gasteiger partial charge in [0.1, 0.15) is 0 Å². The summed E-state index contributed by atoms with van der Waals surface area (Å²) in [6, 6.07) is 17.8. The number of fused-ring (bicyclic) bond motifs is 1. The summed E-state index contributed by atoms with van der Waals surface area (Å²) in [5.41, 5.74) is 2.90. The molecule has 1 saturated heterocycles. The van der Waals surface area contributed by atoms with Crippen molar-refractivity contribution in [3.8, 4) is 0 Å². The molecule has 0 aliphatic carbocycles. The third-order valence-electron chi connectivity index (χ3n) is 7.79. The van der Waals surface area contributed by atoms with Crippen LogP contribution in [0, 0.1) is 0 Å². The highest BCUT2D eigenvalue weighted by Crippen LogP contribution is 2.47. The first-order chi connectivity index (χ1) is 17.8. The van der Waals surface area contributed by atoms with Crippen molar-refractivity contribution in [2.75, 3.05) is 26.8 Å². The van der Waals surface area contributed by atoms with Crippen molar-refractivity contribution < 1.29 is 14.9 Å². The van der Waals surface area contributed by atoms with Crippen LogP contribution in [0.3, 0.4) is 0 Å². The third kappa shape index (κ3) is 5.04. The summed E-state index contributed by atoms with van der Waals surface area (Å²) < 4.78 is 6.35. The lowest BCUT2D eigenvalue weighted by molar-refractivity contribution is -0.107. The molecule has 0 bridgehead atoms. The SMILES string of the molecule is CO[C@]1(c2ccc(Cl)cc2)c2ccc(C(C)(O)CN3CCC[C@H]3CO)cc2CN1Cc1ccc(Cl)cn1. The van der Waals surface area contributed by atoms with E-state index in [-0.39, 0.29) is 12.6 Å². The highest BCUT2D eigenvalue weighted by atomic mass is 35.5. The minimum absolute atomic E-state index is 0.106. The van der Waals surface area contributed by atoms with E-state index in [9.17, 15) is 10.2 Å². The minimum Gasteiger partial charge on any atom is -0.395 e. The van der Waals surface area contributed by atoms with Crippen LogP contribution in [0.25, 0.3) is 0 Å². The number of aromatic nitrogens is 1. The second kappa shape index (κ2) is 10.6. The standard InChI is InChI=1S/C29H33Cl2N3O3/c1-28(36,19-33-13-3-4-26(33)18-35)22-7-12-27-20(14-22)16-34(17-25-11-10-24(31)15-32-25)29(27,37-2)21-5-8-23(30)9-6-21/h5-12,14-15,26,35-36H,3-4,13,16-19H2,1-2H3/t26-,28?,29+/m0/s1. The number of rotatable bonds is 8. The average molecular weight is 543 g/mol. The van der Waals surface area contributed by atoms with Gasteiger partial charge in [0.25, 0.3) is 0 Å². The van der Waals surface area contributed by atoms with Crippen molar-refractivity contribution in [2.24, 2.45) is 0 Å². The van der Waals surface area contributed by atoms with Crippen molar-refractivity contribution >= 4 is 23.2 Å². The van der Waals surface area contributed by atoms with Crippen LogP contribution in [-0.2, 0) is 29.2 Å². The van der Waals surface area contributed by atoms with Gasteiger partial charge in [-0.15, -0.1) is 0 Å². The van der Waals surface area contributed by atoms with Gasteiger partial charge in [0, 0.05) is 55.1 Å². The van der Waals surface area contributed by atoms with Crippen LogP contribution in [0.1, 0.15) is 47.7 Å². The number of hydrogen-bond donors (Lipinski definition) is 2. The monoisotopic (exact) mass is 541 g/mol. The van der Waals surface area contributed by atoms with Gasteiger partial charge >= 0.3 is 0 Å². The lowest BCUT2D eigenvalue weighted by atomic mass is 9.88. The molecule has 3 atom stereocenters. The number of aliphatic hydroxyl groups is 2. The van der Waals surface area contributed by atoms with E-state index in [1.807, 2.05) is 49.4 Å². The normalized spacial score (nSPS) is 23.8. The van der Waals surface area contributed by atoms with Crippen LogP contribution < -0.4 is 0 Å². The van der Waals surface area contributed by atoms with Crippen LogP contribution in [0.15, 0.2) is 60.8 Å². The first kappa shape index (κ1) is 26.6. The number of aliphatic hydroxyl groups excluding tert-OH is 1. The van der Waals surface area contributed by atoms with Gasteiger partial charge in [0.15, 0.2) is 5.72 Å². The predicted molar refractivity (Wildman–Crippen MR) is 145 cm³/mol. The molecule has 37 heavy (non-hydrogen) atoms. The summed E-state index contributed by atoms with van der Waals surface area (Å²) in [6.45, 7) is 4.49. The Kier molecular flexibility index (Phi) is 7.63. The number of halogens is 2. The smallest absolute Gasteiger partial charge is 0.174 e. The van der Waals surface area contributed by atoms with E-state index in [1.54, 1.807) is 13.3 Å². The summed E-state index contributed by atoms with van der Waals surface area (Å²) >= 11 is 12.3. The maximum Gasteiger partial charge on any atom is 0.174 e. The number of hydrogen-bond acceptors (Lipinski definition) is 6. The molecule has 3 aromatic rings. The summed E-state index contributed by atoms with van der Waals surface area (Å²) in [5.74, 6) is 0. The minimum atomic E-state index is -1.06.